The summed E-state index contributed by atoms with van der Waals surface area (Å²) in [6.45, 7) is 15.1. The molecule has 9 rings (SSSR count). The molecule has 2 aliphatic carbocycles. The van der Waals surface area contributed by atoms with Crippen molar-refractivity contribution in [1.29, 1.82) is 5.26 Å². The summed E-state index contributed by atoms with van der Waals surface area (Å²) in [5, 5.41) is 28.1. The summed E-state index contributed by atoms with van der Waals surface area (Å²) >= 11 is 6.37. The smallest absolute Gasteiger partial charge is 0.244 e. The Hall–Kier alpha value is -4.93. The van der Waals surface area contributed by atoms with Gasteiger partial charge in [0.05, 0.1) is 28.3 Å². The van der Waals surface area contributed by atoms with Crippen LogP contribution in [0.25, 0.3) is 5.57 Å². The van der Waals surface area contributed by atoms with E-state index in [0.29, 0.717) is 58.6 Å². The van der Waals surface area contributed by atoms with Crippen LogP contribution in [0.5, 0.6) is 17.2 Å². The number of hydrogen-bond acceptors (Lipinski definition) is 13. The second kappa shape index (κ2) is 23.0. The minimum Gasteiger partial charge on any atom is -0.489 e. The van der Waals surface area contributed by atoms with Gasteiger partial charge in [-0.15, -0.1) is 0 Å². The number of nitrogens with zero attached hydrogens (tertiary/aromatic N) is 4. The average molecular weight is 1070 g/mol. The summed E-state index contributed by atoms with van der Waals surface area (Å²) in [6, 6.07) is 20.6. The normalized spacial score (nSPS) is 27.3. The van der Waals surface area contributed by atoms with E-state index in [9.17, 15) is 23.3 Å². The number of fused-ring (bicyclic) bond motifs is 1. The van der Waals surface area contributed by atoms with Crippen molar-refractivity contribution in [1.82, 2.24) is 36.0 Å². The van der Waals surface area contributed by atoms with E-state index < -0.39 is 10.0 Å². The van der Waals surface area contributed by atoms with E-state index in [2.05, 4.69) is 81.9 Å². The van der Waals surface area contributed by atoms with Crippen LogP contribution >= 0.6 is 11.6 Å². The number of carbonyl (C=O) groups is 2. The zero-order chi connectivity index (χ0) is 53.2. The van der Waals surface area contributed by atoms with Gasteiger partial charge >= 0.3 is 0 Å². The monoisotopic (exact) mass is 1070 g/mol. The number of nitrogens with one attached hydrogen (secondary N) is 6. The van der Waals surface area contributed by atoms with E-state index in [1.807, 2.05) is 36.5 Å². The molecule has 75 heavy (non-hydrogen) atoms. The average Bonchev–Trinajstić information content (AvgIpc) is 3.75. The lowest BCUT2D eigenvalue weighted by Crippen LogP contribution is -2.76. The Morgan fingerprint density at radius 3 is 2.39 bits per heavy atom. The van der Waals surface area contributed by atoms with Crippen LogP contribution in [0.4, 0.5) is 11.4 Å². The van der Waals surface area contributed by atoms with Crippen molar-refractivity contribution < 1.29 is 27.5 Å². The third kappa shape index (κ3) is 12.0. The van der Waals surface area contributed by atoms with E-state index in [-0.39, 0.29) is 70.8 Å². The first-order valence-corrected chi connectivity index (χ1v) is 29.4. The third-order valence-corrected chi connectivity index (χ3v) is 19.0. The highest BCUT2D eigenvalue weighted by atomic mass is 35.5. The summed E-state index contributed by atoms with van der Waals surface area (Å²) in [5.41, 5.74) is 2.76. The summed E-state index contributed by atoms with van der Waals surface area (Å²) in [6.07, 6.45) is 11.7. The number of anilines is 2. The molecule has 2 saturated carbocycles. The number of piperidine rings is 1. The largest absolute Gasteiger partial charge is 0.489 e. The van der Waals surface area contributed by atoms with Crippen LogP contribution in [0, 0.1) is 39.9 Å². The minimum absolute atomic E-state index is 0.00258. The van der Waals surface area contributed by atoms with Crippen LogP contribution < -0.4 is 40.8 Å². The maximum atomic E-state index is 14.6. The highest BCUT2D eigenvalue weighted by Crippen LogP contribution is 2.56. The van der Waals surface area contributed by atoms with Crippen molar-refractivity contribution in [2.24, 2.45) is 28.6 Å². The fourth-order valence-corrected chi connectivity index (χ4v) is 14.3. The molecule has 0 bridgehead atoms. The number of carbonyl (C=O) groups excluding carboxylic acids is 2. The maximum Gasteiger partial charge on any atom is 0.244 e. The summed E-state index contributed by atoms with van der Waals surface area (Å²) in [7, 11) is 0.448. The quantitative estimate of drug-likeness (QED) is 0.0719. The fraction of sp³-hybridized carbons (Fsp3) is 0.596. The molecule has 6 aliphatic rings. The standard InChI is InChI=1S/C57H79ClN10O6S/c1-8-75(71,72)65-39-19-21-48(44(31-39)46-35-67(7)52(70)50-43(46)22-25-61-50)73-41-17-13-16-38(30-41)60-26-29-66(6)40-23-27-68(28-24-40)55-62-34-45(49(63-55)36-14-11-9-10-12-15-36)51(69)64-53-56(2,3)54(57(53,4)5)74-42-20-18-37(33-59)47(58)32-42/h13,16-21,30-32,35-36,40,43,45,49-50,53-55,60-63,65H,8-12,14-15,22-29,34H2,1-7H3,(H,64,69). The van der Waals surface area contributed by atoms with Crippen LogP contribution in [-0.4, -0.2) is 131 Å². The molecule has 18 heteroatoms. The van der Waals surface area contributed by atoms with Gasteiger partial charge in [-0.25, -0.2) is 8.42 Å². The van der Waals surface area contributed by atoms with Gasteiger partial charge < -0.3 is 35.2 Å². The second-order valence-corrected chi connectivity index (χ2v) is 25.5. The number of ether oxygens (including phenoxy) is 2. The molecular weight excluding hydrogens is 988 g/mol. The molecule has 3 aromatic carbocycles. The van der Waals surface area contributed by atoms with E-state index in [1.165, 1.54) is 25.7 Å². The molecular formula is C57H79ClN10O6S. The van der Waals surface area contributed by atoms with Crippen LogP contribution in [0.1, 0.15) is 104 Å². The zero-order valence-electron chi connectivity index (χ0n) is 44.9. The number of likely N-dealkylation sites (tertiary alicyclic amines) is 1. The zero-order valence-corrected chi connectivity index (χ0v) is 46.5. The Balaban J connectivity index is 0.784. The molecule has 3 saturated heterocycles. The number of rotatable bonds is 17. The Bertz CT molecular complexity index is 2720. The molecule has 5 atom stereocenters. The molecule has 406 valence electrons. The minimum atomic E-state index is -3.52. The Morgan fingerprint density at radius 2 is 1.68 bits per heavy atom. The van der Waals surface area contributed by atoms with Crippen molar-refractivity contribution >= 4 is 50.4 Å². The van der Waals surface area contributed by atoms with Crippen molar-refractivity contribution in [2.75, 3.05) is 69.2 Å². The Labute approximate surface area is 450 Å². The third-order valence-electron chi connectivity index (χ3n) is 17.4. The topological polar surface area (TPSA) is 192 Å². The lowest BCUT2D eigenvalue weighted by atomic mass is 9.49. The van der Waals surface area contributed by atoms with Crippen LogP contribution in [-0.2, 0) is 19.6 Å². The molecule has 0 spiro atoms. The fourth-order valence-electron chi connectivity index (χ4n) is 13.4. The molecule has 16 nitrogen and oxygen atoms in total. The Kier molecular flexibility index (Phi) is 16.8. The predicted molar refractivity (Wildman–Crippen MR) is 296 cm³/mol. The van der Waals surface area contributed by atoms with Gasteiger partial charge in [0.25, 0.3) is 0 Å². The van der Waals surface area contributed by atoms with E-state index in [4.69, 9.17) is 21.1 Å². The van der Waals surface area contributed by atoms with Crippen molar-refractivity contribution in [3.05, 3.63) is 83.0 Å². The van der Waals surface area contributed by atoms with Crippen molar-refractivity contribution in [2.45, 2.75) is 129 Å². The van der Waals surface area contributed by atoms with E-state index in [1.54, 1.807) is 49.2 Å². The molecule has 6 N–H and O–H groups in total. The van der Waals surface area contributed by atoms with Gasteiger partial charge in [0.15, 0.2) is 0 Å². The molecule has 5 unspecified atom stereocenters. The van der Waals surface area contributed by atoms with Crippen LogP contribution in [0.2, 0.25) is 5.02 Å². The first-order chi connectivity index (χ1) is 35.9. The number of benzene rings is 3. The van der Waals surface area contributed by atoms with Crippen molar-refractivity contribution in [3.8, 4) is 23.3 Å². The number of halogens is 1. The SMILES string of the molecule is CCS(=O)(=O)Nc1ccc(Oc2cccc(NCCN(C)C3CCN(C4NCC(C(=O)NC5C(C)(C)C(Oc6ccc(C#N)c(Cl)c6)C5(C)C)C(C5CCCCCC5)N4)CC3)c2)c(C2=CN(C)C(=O)C3NCCC23)c1. The highest BCUT2D eigenvalue weighted by Gasteiger charge is 2.64. The maximum absolute atomic E-state index is 14.6. The predicted octanol–water partition coefficient (Wildman–Crippen LogP) is 7.79. The highest BCUT2D eigenvalue weighted by molar-refractivity contribution is 7.92. The number of hydrogen-bond donors (Lipinski definition) is 6. The van der Waals surface area contributed by atoms with Gasteiger partial charge in [0, 0.05) is 110 Å². The van der Waals surface area contributed by atoms with Gasteiger partial charge in [0.1, 0.15) is 35.7 Å². The first-order valence-electron chi connectivity index (χ1n) is 27.4. The summed E-state index contributed by atoms with van der Waals surface area (Å²) in [4.78, 5) is 34.2. The van der Waals surface area contributed by atoms with Gasteiger partial charge in [-0.3, -0.25) is 29.8 Å². The summed E-state index contributed by atoms with van der Waals surface area (Å²) < 4.78 is 41.0. The molecule has 4 heterocycles. The van der Waals surface area contributed by atoms with Gasteiger partial charge in [-0.2, -0.15) is 5.26 Å². The number of amides is 2. The van der Waals surface area contributed by atoms with Crippen LogP contribution in [0.3, 0.4) is 0 Å². The molecule has 2 amide bonds. The van der Waals surface area contributed by atoms with Crippen molar-refractivity contribution in [3.63, 3.8) is 0 Å². The van der Waals surface area contributed by atoms with E-state index in [0.717, 1.165) is 75.1 Å². The molecule has 3 aromatic rings. The number of likely N-dealkylation sites (N-methyl/N-ethyl adjacent to an activating group) is 2. The second-order valence-electron chi connectivity index (χ2n) is 23.1. The Morgan fingerprint density at radius 1 is 0.933 bits per heavy atom. The lowest BCUT2D eigenvalue weighted by Gasteiger charge is -2.63. The summed E-state index contributed by atoms with van der Waals surface area (Å²) in [5.74, 6) is 2.07. The van der Waals surface area contributed by atoms with Gasteiger partial charge in [-0.05, 0) is 107 Å². The molecule has 0 radical (unpaired) electrons. The number of sulfonamides is 1. The first kappa shape index (κ1) is 54.8. The molecule has 5 fully saturated rings. The number of nitriles is 1. The lowest BCUT2D eigenvalue weighted by molar-refractivity contribution is -0.175. The molecule has 4 aliphatic heterocycles. The molecule has 0 aromatic heterocycles. The van der Waals surface area contributed by atoms with Crippen LogP contribution in [0.15, 0.2) is 66.9 Å². The van der Waals surface area contributed by atoms with Gasteiger partial charge in [-0.1, -0.05) is 71.0 Å². The van der Waals surface area contributed by atoms with E-state index >= 15 is 0 Å². The van der Waals surface area contributed by atoms with Gasteiger partial charge in [0.2, 0.25) is 21.8 Å².